The Bertz CT molecular complexity index is 841. The third kappa shape index (κ3) is 7.80. The number of hydrogen-bond acceptors (Lipinski definition) is 6. The quantitative estimate of drug-likeness (QED) is 0.563. The van der Waals surface area contributed by atoms with Crippen LogP contribution >= 0.6 is 0 Å². The van der Waals surface area contributed by atoms with Gasteiger partial charge in [-0.3, -0.25) is 9.11 Å². The maximum atomic E-state index is 9.07. The van der Waals surface area contributed by atoms with Crippen molar-refractivity contribution in [1.29, 1.82) is 5.39 Å². The molecule has 2 rings (SSSR count). The van der Waals surface area contributed by atoms with Gasteiger partial charge in [-0.2, -0.15) is 8.42 Å². The van der Waals surface area contributed by atoms with Crippen molar-refractivity contribution >= 4 is 16.1 Å². The van der Waals surface area contributed by atoms with Gasteiger partial charge in [0.1, 0.15) is 5.75 Å². The summed E-state index contributed by atoms with van der Waals surface area (Å²) in [7, 11) is -4.67. The molecule has 0 aliphatic rings. The van der Waals surface area contributed by atoms with Crippen LogP contribution in [0.1, 0.15) is 13.8 Å². The van der Waals surface area contributed by atoms with Crippen molar-refractivity contribution in [3.8, 4) is 23.0 Å². The average Bonchev–Trinajstić information content (AvgIpc) is 2.57. The van der Waals surface area contributed by atoms with Gasteiger partial charge in [0.15, 0.2) is 16.5 Å². The van der Waals surface area contributed by atoms with Crippen molar-refractivity contribution in [3.05, 3.63) is 47.4 Å². The maximum absolute atomic E-state index is 9.07. The molecule has 2 aromatic carbocycles. The lowest BCUT2D eigenvalue weighted by atomic mass is 10.2. The summed E-state index contributed by atoms with van der Waals surface area (Å²) in [5.74, 6) is 2.14. The van der Waals surface area contributed by atoms with Gasteiger partial charge in [0.25, 0.3) is 0 Å². The molecular formula is C16H19N2O7S+. The van der Waals surface area contributed by atoms with Crippen LogP contribution in [0.15, 0.2) is 42.5 Å². The SMILES string of the molecule is CCOc1cc(Oc2ccccc2)c(OCC)cc1[N+]#N.O=S(=O)(O)O. The van der Waals surface area contributed by atoms with Crippen LogP contribution in [0.4, 0.5) is 5.69 Å². The van der Waals surface area contributed by atoms with Crippen LogP contribution < -0.4 is 14.2 Å². The summed E-state index contributed by atoms with van der Waals surface area (Å²) in [5.41, 5.74) is 0.306. The smallest absolute Gasteiger partial charge is 0.430 e. The van der Waals surface area contributed by atoms with Gasteiger partial charge in [-0.15, -0.1) is 0 Å². The van der Waals surface area contributed by atoms with E-state index in [1.807, 2.05) is 44.2 Å². The van der Waals surface area contributed by atoms with Crippen LogP contribution in [0.25, 0.3) is 4.98 Å². The van der Waals surface area contributed by atoms with Gasteiger partial charge in [-0.05, 0) is 26.0 Å². The highest BCUT2D eigenvalue weighted by Crippen LogP contribution is 2.41. The first kappa shape index (κ1) is 21.2. The summed E-state index contributed by atoms with van der Waals surface area (Å²) < 4.78 is 48.4. The Morgan fingerprint density at radius 2 is 1.50 bits per heavy atom. The molecule has 0 bridgehead atoms. The average molecular weight is 383 g/mol. The third-order valence-corrected chi connectivity index (χ3v) is 2.70. The second-order valence-corrected chi connectivity index (χ2v) is 5.49. The lowest BCUT2D eigenvalue weighted by molar-refractivity contribution is 0.315. The molecule has 0 radical (unpaired) electrons. The molecule has 0 aliphatic heterocycles. The molecule has 0 saturated carbocycles. The molecule has 0 saturated heterocycles. The first-order valence-corrected chi connectivity index (χ1v) is 8.89. The van der Waals surface area contributed by atoms with Crippen molar-refractivity contribution in [1.82, 2.24) is 0 Å². The number of diazo groups is 1. The van der Waals surface area contributed by atoms with Crippen LogP contribution in [0.2, 0.25) is 0 Å². The predicted octanol–water partition coefficient (Wildman–Crippen LogP) is 4.11. The molecule has 0 fully saturated rings. The Balaban J connectivity index is 0.000000597. The molecule has 0 unspecified atom stereocenters. The minimum atomic E-state index is -4.67. The molecule has 2 N–H and O–H groups in total. The second kappa shape index (κ2) is 10.2. The topological polar surface area (TPSA) is 130 Å². The number of nitrogens with zero attached hydrogens (tertiary/aromatic N) is 2. The molecule has 0 aliphatic carbocycles. The number of benzene rings is 2. The van der Waals surface area contributed by atoms with E-state index >= 15 is 0 Å². The molecule has 0 heterocycles. The zero-order valence-electron chi connectivity index (χ0n) is 14.2. The highest BCUT2D eigenvalue weighted by atomic mass is 32.3. The minimum absolute atomic E-state index is 0.306. The van der Waals surface area contributed by atoms with Crippen LogP contribution in [-0.2, 0) is 10.4 Å². The van der Waals surface area contributed by atoms with Crippen molar-refractivity contribution in [2.75, 3.05) is 13.2 Å². The standard InChI is InChI=1S/C16H17N2O3.H2O4S/c1-3-19-14-11-16(21-12-8-6-5-7-9-12)15(20-4-2)10-13(14)18-17;1-5(2,3)4/h5-11H,3-4H2,1-2H3;(H2,1,2,3,4)/q+1;. The lowest BCUT2D eigenvalue weighted by Gasteiger charge is -2.12. The van der Waals surface area contributed by atoms with E-state index in [0.29, 0.717) is 41.9 Å². The Kier molecular flexibility index (Phi) is 8.30. The second-order valence-electron chi connectivity index (χ2n) is 4.60. The Labute approximate surface area is 151 Å². The van der Waals surface area contributed by atoms with Gasteiger partial charge in [0.05, 0.1) is 19.3 Å². The van der Waals surface area contributed by atoms with E-state index in [2.05, 4.69) is 4.98 Å². The van der Waals surface area contributed by atoms with Gasteiger partial charge in [-0.25, -0.2) is 0 Å². The molecule has 10 heteroatoms. The summed E-state index contributed by atoms with van der Waals surface area (Å²) in [5, 5.41) is 9.07. The summed E-state index contributed by atoms with van der Waals surface area (Å²) in [6.45, 7) is 4.67. The fraction of sp³-hybridized carbons (Fsp3) is 0.250. The van der Waals surface area contributed by atoms with Crippen molar-refractivity contribution in [2.45, 2.75) is 13.8 Å². The van der Waals surface area contributed by atoms with E-state index in [-0.39, 0.29) is 0 Å². The van der Waals surface area contributed by atoms with Crippen LogP contribution in [0.5, 0.6) is 23.0 Å². The number of ether oxygens (including phenoxy) is 3. The highest BCUT2D eigenvalue weighted by molar-refractivity contribution is 7.79. The number of rotatable bonds is 6. The predicted molar refractivity (Wildman–Crippen MR) is 94.2 cm³/mol. The summed E-state index contributed by atoms with van der Waals surface area (Å²) >= 11 is 0. The fourth-order valence-corrected chi connectivity index (χ4v) is 1.84. The normalized spacial score (nSPS) is 10.1. The van der Waals surface area contributed by atoms with Crippen molar-refractivity contribution in [2.24, 2.45) is 0 Å². The van der Waals surface area contributed by atoms with Crippen LogP contribution in [-0.4, -0.2) is 30.7 Å². The van der Waals surface area contributed by atoms with Crippen molar-refractivity contribution in [3.63, 3.8) is 0 Å². The van der Waals surface area contributed by atoms with Gasteiger partial charge >= 0.3 is 16.1 Å². The van der Waals surface area contributed by atoms with E-state index in [9.17, 15) is 0 Å². The number of para-hydroxylation sites is 1. The third-order valence-electron chi connectivity index (χ3n) is 2.70. The highest BCUT2D eigenvalue weighted by Gasteiger charge is 2.22. The van der Waals surface area contributed by atoms with E-state index in [1.165, 1.54) is 0 Å². The molecule has 0 amide bonds. The first-order valence-electron chi connectivity index (χ1n) is 7.50. The fourth-order valence-electron chi connectivity index (χ4n) is 1.84. The minimum Gasteiger partial charge on any atom is -0.490 e. The summed E-state index contributed by atoms with van der Waals surface area (Å²) in [6, 6.07) is 12.6. The Morgan fingerprint density at radius 1 is 0.962 bits per heavy atom. The van der Waals surface area contributed by atoms with Gasteiger partial charge in [-0.1, -0.05) is 18.2 Å². The van der Waals surface area contributed by atoms with Crippen LogP contribution in [0.3, 0.4) is 0 Å². The van der Waals surface area contributed by atoms with E-state index in [1.54, 1.807) is 12.1 Å². The van der Waals surface area contributed by atoms with Gasteiger partial charge in [0.2, 0.25) is 11.1 Å². The first-order chi connectivity index (χ1) is 12.3. The molecule has 26 heavy (non-hydrogen) atoms. The Hall–Kier alpha value is -2.87. The van der Waals surface area contributed by atoms with Gasteiger partial charge < -0.3 is 14.2 Å². The zero-order valence-corrected chi connectivity index (χ0v) is 15.0. The molecule has 2 aromatic rings. The molecule has 0 aromatic heterocycles. The molecule has 0 atom stereocenters. The zero-order chi connectivity index (χ0) is 19.6. The number of hydrogen-bond donors (Lipinski definition) is 2. The monoisotopic (exact) mass is 383 g/mol. The molecular weight excluding hydrogens is 364 g/mol. The van der Waals surface area contributed by atoms with Crippen molar-refractivity contribution < 1.29 is 31.7 Å². The maximum Gasteiger partial charge on any atom is 0.430 e. The van der Waals surface area contributed by atoms with E-state index in [0.717, 1.165) is 0 Å². The van der Waals surface area contributed by atoms with E-state index in [4.69, 9.17) is 37.1 Å². The molecule has 140 valence electrons. The Morgan fingerprint density at radius 3 is 2.00 bits per heavy atom. The van der Waals surface area contributed by atoms with Gasteiger partial charge in [0, 0.05) is 6.07 Å². The molecule has 0 spiro atoms. The summed E-state index contributed by atoms with van der Waals surface area (Å²) in [4.78, 5) is 3.22. The van der Waals surface area contributed by atoms with E-state index < -0.39 is 10.4 Å². The van der Waals surface area contributed by atoms with Crippen LogP contribution in [0, 0.1) is 5.39 Å². The largest absolute Gasteiger partial charge is 0.490 e. The lowest BCUT2D eigenvalue weighted by Crippen LogP contribution is -1.97. The summed E-state index contributed by atoms with van der Waals surface area (Å²) in [6.07, 6.45) is 0. The molecule has 9 nitrogen and oxygen atoms in total.